The van der Waals surface area contributed by atoms with Crippen molar-refractivity contribution in [3.8, 4) is 0 Å². The van der Waals surface area contributed by atoms with E-state index < -0.39 is 6.04 Å². The van der Waals surface area contributed by atoms with Gasteiger partial charge in [-0.1, -0.05) is 35.9 Å². The van der Waals surface area contributed by atoms with Crippen LogP contribution in [-0.4, -0.2) is 24.0 Å². The highest BCUT2D eigenvalue weighted by Crippen LogP contribution is 2.11. The quantitative estimate of drug-likeness (QED) is 0.685. The third-order valence-electron chi connectivity index (χ3n) is 3.59. The maximum Gasteiger partial charge on any atom is 0.241 e. The predicted octanol–water partition coefficient (Wildman–Crippen LogP) is 2.32. The summed E-state index contributed by atoms with van der Waals surface area (Å²) in [5.74, 6) is 0.695. The molecule has 23 heavy (non-hydrogen) atoms. The maximum atomic E-state index is 12.0. The van der Waals surface area contributed by atoms with Gasteiger partial charge in [0.15, 0.2) is 0 Å². The lowest BCUT2D eigenvalue weighted by atomic mass is 10.1. The van der Waals surface area contributed by atoms with Crippen LogP contribution >= 0.6 is 0 Å². The Labute approximate surface area is 137 Å². The Morgan fingerprint density at radius 3 is 2.43 bits per heavy atom. The third kappa shape index (κ3) is 5.38. The molecule has 1 heterocycles. The molecule has 0 saturated carbocycles. The smallest absolute Gasteiger partial charge is 0.241 e. The van der Waals surface area contributed by atoms with Gasteiger partial charge in [0, 0.05) is 19.3 Å². The number of aryl methyl sites for hydroxylation is 2. The Bertz CT molecular complexity index is 622. The third-order valence-corrected chi connectivity index (χ3v) is 3.59. The summed E-state index contributed by atoms with van der Waals surface area (Å²) in [6.45, 7) is 5.34. The fraction of sp³-hybridized carbons (Fsp3) is 0.333. The average Bonchev–Trinajstić information content (AvgIpc) is 2.56. The number of carbonyl (C=O) groups is 1. The van der Waals surface area contributed by atoms with E-state index in [1.54, 1.807) is 0 Å². The van der Waals surface area contributed by atoms with Crippen molar-refractivity contribution in [3.05, 3.63) is 59.3 Å². The van der Waals surface area contributed by atoms with Crippen LogP contribution in [0.4, 0.5) is 5.82 Å². The minimum Gasteiger partial charge on any atom is -0.370 e. The molecule has 0 saturated heterocycles. The molecule has 1 unspecified atom stereocenters. The zero-order chi connectivity index (χ0) is 16.7. The van der Waals surface area contributed by atoms with E-state index in [0.29, 0.717) is 6.54 Å². The van der Waals surface area contributed by atoms with Crippen LogP contribution in [0.15, 0.2) is 42.6 Å². The summed E-state index contributed by atoms with van der Waals surface area (Å²) in [4.78, 5) is 16.3. The number of rotatable bonds is 7. The summed E-state index contributed by atoms with van der Waals surface area (Å²) >= 11 is 0. The lowest BCUT2D eigenvalue weighted by Crippen LogP contribution is -2.35. The van der Waals surface area contributed by atoms with Gasteiger partial charge in [-0.25, -0.2) is 4.98 Å². The summed E-state index contributed by atoms with van der Waals surface area (Å²) in [5.41, 5.74) is 9.08. The van der Waals surface area contributed by atoms with E-state index in [4.69, 9.17) is 5.73 Å². The van der Waals surface area contributed by atoms with Crippen LogP contribution in [-0.2, 0) is 4.79 Å². The zero-order valence-electron chi connectivity index (χ0n) is 13.7. The second-order valence-electron chi connectivity index (χ2n) is 5.68. The molecule has 1 aromatic heterocycles. The molecule has 2 rings (SSSR count). The molecule has 5 nitrogen and oxygen atoms in total. The van der Waals surface area contributed by atoms with Crippen molar-refractivity contribution in [1.29, 1.82) is 0 Å². The van der Waals surface area contributed by atoms with Crippen LogP contribution < -0.4 is 16.4 Å². The van der Waals surface area contributed by atoms with E-state index in [0.717, 1.165) is 35.5 Å². The number of carbonyl (C=O) groups excluding carboxylic acids is 1. The number of anilines is 1. The van der Waals surface area contributed by atoms with Crippen LogP contribution in [0, 0.1) is 13.8 Å². The van der Waals surface area contributed by atoms with Crippen LogP contribution in [0.1, 0.15) is 29.2 Å². The molecule has 122 valence electrons. The number of amides is 1. The molecule has 1 atom stereocenters. The predicted molar refractivity (Wildman–Crippen MR) is 93.2 cm³/mol. The van der Waals surface area contributed by atoms with E-state index in [9.17, 15) is 4.79 Å². The molecule has 0 bridgehead atoms. The topological polar surface area (TPSA) is 80.0 Å². The number of aromatic nitrogens is 1. The van der Waals surface area contributed by atoms with Gasteiger partial charge in [0.2, 0.25) is 5.91 Å². The van der Waals surface area contributed by atoms with E-state index >= 15 is 0 Å². The van der Waals surface area contributed by atoms with Crippen LogP contribution in [0.5, 0.6) is 0 Å². The SMILES string of the molecule is Cc1ccc(C(N)C(=O)NCCCNc2ccc(C)cn2)cc1. The number of nitrogens with zero attached hydrogens (tertiary/aromatic N) is 1. The Hall–Kier alpha value is -2.40. The molecule has 1 aromatic carbocycles. The van der Waals surface area contributed by atoms with Crippen LogP contribution in [0.25, 0.3) is 0 Å². The summed E-state index contributed by atoms with van der Waals surface area (Å²) in [7, 11) is 0. The number of hydrogen-bond acceptors (Lipinski definition) is 4. The first-order chi connectivity index (χ1) is 11.1. The fourth-order valence-electron chi connectivity index (χ4n) is 2.12. The van der Waals surface area contributed by atoms with Gasteiger partial charge in [-0.2, -0.15) is 0 Å². The number of hydrogen-bond donors (Lipinski definition) is 3. The normalized spacial score (nSPS) is 11.8. The first-order valence-electron chi connectivity index (χ1n) is 7.82. The van der Waals surface area contributed by atoms with Gasteiger partial charge in [-0.15, -0.1) is 0 Å². The Morgan fingerprint density at radius 1 is 1.09 bits per heavy atom. The molecular formula is C18H24N4O. The van der Waals surface area contributed by atoms with Gasteiger partial charge < -0.3 is 16.4 Å². The minimum absolute atomic E-state index is 0.151. The van der Waals surface area contributed by atoms with Gasteiger partial charge in [0.05, 0.1) is 0 Å². The zero-order valence-corrected chi connectivity index (χ0v) is 13.7. The Kier molecular flexibility index (Phi) is 6.11. The number of pyridine rings is 1. The maximum absolute atomic E-state index is 12.0. The molecular weight excluding hydrogens is 288 g/mol. The van der Waals surface area contributed by atoms with Crippen molar-refractivity contribution in [3.63, 3.8) is 0 Å². The lowest BCUT2D eigenvalue weighted by molar-refractivity contribution is -0.122. The fourth-order valence-corrected chi connectivity index (χ4v) is 2.12. The van der Waals surface area contributed by atoms with Gasteiger partial charge in [-0.05, 0) is 37.5 Å². The lowest BCUT2D eigenvalue weighted by Gasteiger charge is -2.13. The molecule has 0 aliphatic carbocycles. The molecule has 4 N–H and O–H groups in total. The second-order valence-corrected chi connectivity index (χ2v) is 5.68. The average molecular weight is 312 g/mol. The van der Waals surface area contributed by atoms with Crippen molar-refractivity contribution in [1.82, 2.24) is 10.3 Å². The highest BCUT2D eigenvalue weighted by Gasteiger charge is 2.14. The first-order valence-corrected chi connectivity index (χ1v) is 7.82. The molecule has 0 radical (unpaired) electrons. The van der Waals surface area contributed by atoms with Gasteiger partial charge >= 0.3 is 0 Å². The minimum atomic E-state index is -0.623. The van der Waals surface area contributed by atoms with E-state index in [1.807, 2.05) is 56.4 Å². The highest BCUT2D eigenvalue weighted by molar-refractivity contribution is 5.82. The summed E-state index contributed by atoms with van der Waals surface area (Å²) in [5, 5.41) is 6.09. The largest absolute Gasteiger partial charge is 0.370 e. The molecule has 0 aliphatic rings. The van der Waals surface area contributed by atoms with Crippen molar-refractivity contribution in [2.45, 2.75) is 26.3 Å². The molecule has 0 spiro atoms. The van der Waals surface area contributed by atoms with E-state index in [2.05, 4.69) is 15.6 Å². The molecule has 0 aliphatic heterocycles. The second kappa shape index (κ2) is 8.29. The van der Waals surface area contributed by atoms with Crippen molar-refractivity contribution >= 4 is 11.7 Å². The van der Waals surface area contributed by atoms with Crippen molar-refractivity contribution in [2.24, 2.45) is 5.73 Å². The Balaban J connectivity index is 1.68. The summed E-state index contributed by atoms with van der Waals surface area (Å²) < 4.78 is 0. The van der Waals surface area contributed by atoms with E-state index in [1.165, 1.54) is 0 Å². The Morgan fingerprint density at radius 2 is 1.78 bits per heavy atom. The van der Waals surface area contributed by atoms with Gasteiger partial charge in [0.25, 0.3) is 0 Å². The number of nitrogens with one attached hydrogen (secondary N) is 2. The number of benzene rings is 1. The molecule has 5 heteroatoms. The molecule has 1 amide bonds. The first kappa shape index (κ1) is 17.0. The van der Waals surface area contributed by atoms with Gasteiger partial charge in [0.1, 0.15) is 11.9 Å². The van der Waals surface area contributed by atoms with Crippen LogP contribution in [0.2, 0.25) is 0 Å². The highest BCUT2D eigenvalue weighted by atomic mass is 16.2. The van der Waals surface area contributed by atoms with Crippen LogP contribution in [0.3, 0.4) is 0 Å². The summed E-state index contributed by atoms with van der Waals surface area (Å²) in [6, 6.07) is 11.0. The van der Waals surface area contributed by atoms with Crippen molar-refractivity contribution in [2.75, 3.05) is 18.4 Å². The molecule has 0 fully saturated rings. The monoisotopic (exact) mass is 312 g/mol. The van der Waals surface area contributed by atoms with Crippen molar-refractivity contribution < 1.29 is 4.79 Å². The van der Waals surface area contributed by atoms with E-state index in [-0.39, 0.29) is 5.91 Å². The standard InChI is InChI=1S/C18H24N4O/c1-13-4-7-15(8-5-13)17(19)18(23)21-11-3-10-20-16-9-6-14(2)12-22-16/h4-9,12,17H,3,10-11,19H2,1-2H3,(H,20,22)(H,21,23). The molecule has 2 aromatic rings. The summed E-state index contributed by atoms with van der Waals surface area (Å²) in [6.07, 6.45) is 2.63. The number of nitrogens with two attached hydrogens (primary N) is 1. The van der Waals surface area contributed by atoms with Gasteiger partial charge in [-0.3, -0.25) is 4.79 Å².